The zero-order valence-corrected chi connectivity index (χ0v) is 67.6. The highest BCUT2D eigenvalue weighted by atomic mass is 19.3. The molecule has 7 unspecified atom stereocenters. The highest BCUT2D eigenvalue weighted by Crippen LogP contribution is 2.36. The molecule has 7 aromatic heterocycles. The first kappa shape index (κ1) is 89.7. The number of halogens is 4. The Labute approximate surface area is 698 Å². The Kier molecular flexibility index (Phi) is 33.6. The number of likely N-dealkylation sites (tertiary alicyclic amines) is 3. The first-order valence-corrected chi connectivity index (χ1v) is 39.8. The largest absolute Gasteiger partial charge is 0.446 e. The van der Waals surface area contributed by atoms with E-state index >= 15 is 0 Å². The smallest absolute Gasteiger partial charge is 0.250 e. The van der Waals surface area contributed by atoms with Crippen LogP contribution in [0.3, 0.4) is 0 Å². The Bertz CT molecular complexity index is 5020. The second-order valence-corrected chi connectivity index (χ2v) is 29.3. The number of oxazole rings is 7. The van der Waals surface area contributed by atoms with Crippen molar-refractivity contribution in [1.82, 2.24) is 69.2 Å². The van der Waals surface area contributed by atoms with Gasteiger partial charge < -0.3 is 45.1 Å². The molecule has 0 aliphatic carbocycles. The predicted octanol–water partition coefficient (Wildman–Crippen LogP) is 13.5. The molecule has 7 atom stereocenters. The van der Waals surface area contributed by atoms with Crippen molar-refractivity contribution in [3.63, 3.8) is 0 Å². The van der Waals surface area contributed by atoms with E-state index in [4.69, 9.17) is 66.2 Å². The fraction of sp³-hybridized carbons (Fsp3) is 0.465. The van der Waals surface area contributed by atoms with E-state index in [0.717, 1.165) is 103 Å². The highest BCUT2D eigenvalue weighted by Gasteiger charge is 2.40. The molecule has 0 saturated carbocycles. The summed E-state index contributed by atoms with van der Waals surface area (Å²) in [6.07, 6.45) is 18.9. The number of hydrogen-bond donors (Lipinski definition) is 0. The van der Waals surface area contributed by atoms with Gasteiger partial charge >= 0.3 is 0 Å². The first-order valence-electron chi connectivity index (χ1n) is 39.8. The fourth-order valence-electron chi connectivity index (χ4n) is 14.8. The molecule has 0 spiro atoms. The van der Waals surface area contributed by atoms with Gasteiger partial charge in [0.05, 0.1) is 123 Å². The number of morpholine rings is 2. The van der Waals surface area contributed by atoms with Gasteiger partial charge in [0.25, 0.3) is 11.8 Å². The molecule has 0 N–H and O–H groups in total. The average molecular weight is 1660 g/mol. The molecular formula is C86H95F4N21O10. The molecule has 0 amide bonds. The molecule has 632 valence electrons. The quantitative estimate of drug-likeness (QED) is 0.0764. The number of aromatic nitrogens is 7. The highest BCUT2D eigenvalue weighted by molar-refractivity contribution is 5.32. The standard InChI is InChI=1S/C17H19N3O2.C15H15N3O.C14H13N3O.C11H13F2N3O.C10H11F2N3O.C10H13N3O2.C9H11N3O2/c18-10-16(17-11-19-13-22-17)20-8-6-15(7-9-20)21-12-14-4-2-1-3-5-14;1-11-15(19-10-17-11)14(8-16)18-7-6-12-4-2-3-5-13(12)9-18;15-7-13(14-8-16-10-18-14)17-6-5-11-3-1-2-4-12(11)9-17;1-8-10(17-7-15-8)9(6-14)16-4-2-11(12,13)3-5-16;11-10(12)1-3-15(4-2-10)8(5-13)9-6-14-7-16-9;1-8-10(15-7-12-8)9(6-11)13-2-4-14-5-3-13;10-5-8(9-6-11-7-14-9)12-1-3-13-4-2-12/h1-5,11,13,15-16H,6-9,12H2;2-5,10,14H,6-7,9H2,1H3;1-4,8,10,13H,5-6,9H2;7,9H,2-5H2,1H3;6-8H,1-4H2;7,9H,2-5H2,1H3;6-8H,1-4H2. The summed E-state index contributed by atoms with van der Waals surface area (Å²) in [5.74, 6) is -1.17. The van der Waals surface area contributed by atoms with Gasteiger partial charge in [0.15, 0.2) is 127 Å². The van der Waals surface area contributed by atoms with Gasteiger partial charge in [-0.05, 0) is 74.3 Å². The van der Waals surface area contributed by atoms with Gasteiger partial charge in [-0.25, -0.2) is 52.4 Å². The van der Waals surface area contributed by atoms with Gasteiger partial charge in [0, 0.05) is 117 Å². The van der Waals surface area contributed by atoms with Crippen molar-refractivity contribution in [3.8, 4) is 42.5 Å². The summed E-state index contributed by atoms with van der Waals surface area (Å²) in [5.41, 5.74) is 8.76. The van der Waals surface area contributed by atoms with E-state index in [-0.39, 0.29) is 88.2 Å². The number of nitrogens with zero attached hydrogens (tertiary/aromatic N) is 21. The molecule has 0 bridgehead atoms. The number of nitriles is 7. The summed E-state index contributed by atoms with van der Waals surface area (Å²) in [6.45, 7) is 17.6. The molecule has 31 nitrogen and oxygen atoms in total. The summed E-state index contributed by atoms with van der Waals surface area (Å²) in [4.78, 5) is 41.2. The van der Waals surface area contributed by atoms with Crippen LogP contribution in [0.15, 0.2) is 179 Å². The number of hydrogen-bond acceptors (Lipinski definition) is 31. The van der Waals surface area contributed by atoms with Crippen LogP contribution < -0.4 is 0 Å². The Hall–Kier alpha value is -12.1. The summed E-state index contributed by atoms with van der Waals surface area (Å²) < 4.78 is 105. The van der Waals surface area contributed by atoms with E-state index in [1.54, 1.807) is 35.3 Å². The monoisotopic (exact) mass is 1660 g/mol. The molecule has 14 heterocycles. The maximum absolute atomic E-state index is 13.0. The Morgan fingerprint density at radius 3 is 0.992 bits per heavy atom. The number of aryl methyl sites for hydroxylation is 3. The molecule has 10 aromatic rings. The number of piperidine rings is 3. The lowest BCUT2D eigenvalue weighted by atomic mass is 9.98. The van der Waals surface area contributed by atoms with E-state index in [0.29, 0.717) is 79.1 Å². The lowest BCUT2D eigenvalue weighted by molar-refractivity contribution is -0.0611. The topological polar surface area (TPSA) is 399 Å². The predicted molar refractivity (Wildman–Crippen MR) is 421 cm³/mol. The SMILES string of the molecule is Cc1ncoc1C(C#N)N1CCC(F)(F)CC1.Cc1ncoc1C(C#N)N1CCOCC1.Cc1ncoc1C(C#N)N1CCc2ccccc2C1.N#CC(c1cnco1)N1CCC(F)(F)CC1.N#CC(c1cnco1)N1CCC(OCc2ccccc2)CC1.N#CC(c1cnco1)N1CCOCC1.N#CC(c1cnco1)N1CCc2ccccc2C1. The molecular weight excluding hydrogens is 1560 g/mol. The van der Waals surface area contributed by atoms with Crippen LogP contribution >= 0.6 is 0 Å². The average Bonchev–Trinajstić information content (AvgIpc) is 1.81. The zero-order valence-electron chi connectivity index (χ0n) is 67.6. The first-order chi connectivity index (χ1) is 58.9. The molecule has 121 heavy (non-hydrogen) atoms. The van der Waals surface area contributed by atoms with Crippen LogP contribution in [-0.4, -0.2) is 192 Å². The van der Waals surface area contributed by atoms with Gasteiger partial charge in [-0.2, -0.15) is 36.8 Å². The van der Waals surface area contributed by atoms with Crippen molar-refractivity contribution >= 4 is 0 Å². The van der Waals surface area contributed by atoms with E-state index in [2.05, 4.69) is 139 Å². The molecule has 5 saturated heterocycles. The summed E-state index contributed by atoms with van der Waals surface area (Å²) in [6, 6.07) is 39.6. The lowest BCUT2D eigenvalue weighted by Crippen LogP contribution is -2.41. The van der Waals surface area contributed by atoms with Crippen LogP contribution in [0.2, 0.25) is 0 Å². The molecule has 0 radical (unpaired) electrons. The Morgan fingerprint density at radius 1 is 0.364 bits per heavy atom. The summed E-state index contributed by atoms with van der Waals surface area (Å²) >= 11 is 0. The molecule has 35 heteroatoms. The van der Waals surface area contributed by atoms with Crippen molar-refractivity contribution in [2.75, 3.05) is 105 Å². The van der Waals surface area contributed by atoms with Gasteiger partial charge in [-0.3, -0.25) is 34.3 Å². The maximum atomic E-state index is 13.0. The van der Waals surface area contributed by atoms with Crippen molar-refractivity contribution in [3.05, 3.63) is 234 Å². The second-order valence-electron chi connectivity index (χ2n) is 29.3. The molecule has 17 rings (SSSR count). The van der Waals surface area contributed by atoms with Crippen LogP contribution in [0.25, 0.3) is 0 Å². The number of benzene rings is 3. The van der Waals surface area contributed by atoms with Gasteiger partial charge in [0.2, 0.25) is 0 Å². The van der Waals surface area contributed by atoms with Crippen molar-refractivity contribution in [2.24, 2.45) is 0 Å². The van der Waals surface area contributed by atoms with E-state index in [1.807, 2.05) is 55.1 Å². The van der Waals surface area contributed by atoms with Gasteiger partial charge in [-0.1, -0.05) is 78.9 Å². The Balaban J connectivity index is 0.000000138. The van der Waals surface area contributed by atoms with Crippen molar-refractivity contribution in [2.45, 2.75) is 152 Å². The minimum absolute atomic E-state index is 0.200. The van der Waals surface area contributed by atoms with Crippen LogP contribution in [-0.2, 0) is 46.7 Å². The van der Waals surface area contributed by atoms with E-state index in [1.165, 1.54) is 78.8 Å². The molecule has 3 aromatic carbocycles. The van der Waals surface area contributed by atoms with E-state index < -0.39 is 23.9 Å². The third-order valence-corrected chi connectivity index (χ3v) is 21.7. The molecule has 5 fully saturated rings. The van der Waals surface area contributed by atoms with Gasteiger partial charge in [0.1, 0.15) is 0 Å². The van der Waals surface area contributed by atoms with Gasteiger partial charge in [-0.15, -0.1) is 0 Å². The molecule has 7 aliphatic rings. The number of ether oxygens (including phenoxy) is 3. The number of rotatable bonds is 17. The number of alkyl halides is 4. The maximum Gasteiger partial charge on any atom is 0.250 e. The third kappa shape index (κ3) is 25.2. The van der Waals surface area contributed by atoms with E-state index in [9.17, 15) is 33.3 Å². The summed E-state index contributed by atoms with van der Waals surface area (Å²) in [5, 5.41) is 64.5. The third-order valence-electron chi connectivity index (χ3n) is 21.7. The fourth-order valence-corrected chi connectivity index (χ4v) is 14.8. The normalized spacial score (nSPS) is 19.2. The molecule has 7 aliphatic heterocycles. The van der Waals surface area contributed by atoms with Crippen LogP contribution in [0, 0.1) is 100 Å². The minimum Gasteiger partial charge on any atom is -0.446 e. The lowest BCUT2D eigenvalue weighted by Gasteiger charge is -2.33. The van der Waals surface area contributed by atoms with Crippen LogP contribution in [0.1, 0.15) is 166 Å². The summed E-state index contributed by atoms with van der Waals surface area (Å²) in [7, 11) is 0. The van der Waals surface area contributed by atoms with Crippen LogP contribution in [0.5, 0.6) is 0 Å². The van der Waals surface area contributed by atoms with Crippen LogP contribution in [0.4, 0.5) is 17.6 Å². The zero-order chi connectivity index (χ0) is 85.4. The van der Waals surface area contributed by atoms with Crippen molar-refractivity contribution < 1.29 is 62.7 Å². The van der Waals surface area contributed by atoms with Crippen molar-refractivity contribution in [1.29, 1.82) is 36.8 Å². The number of fused-ring (bicyclic) bond motifs is 2. The minimum atomic E-state index is -2.60. The Morgan fingerprint density at radius 2 is 0.661 bits per heavy atom. The second kappa shape index (κ2) is 45.3.